The van der Waals surface area contributed by atoms with Crippen molar-refractivity contribution in [3.8, 4) is 0 Å². The second-order valence-electron chi connectivity index (χ2n) is 2.76. The van der Waals surface area contributed by atoms with E-state index in [-0.39, 0.29) is 6.54 Å². The van der Waals surface area contributed by atoms with Gasteiger partial charge in [-0.05, 0) is 17.5 Å². The normalized spacial score (nSPS) is 8.43. The summed E-state index contributed by atoms with van der Waals surface area (Å²) in [5.74, 6) is 0. The van der Waals surface area contributed by atoms with Crippen molar-refractivity contribution in [2.24, 2.45) is 5.11 Å². The van der Waals surface area contributed by atoms with E-state index in [1.165, 1.54) is 0 Å². The number of azide groups is 1. The Bertz CT molecular complexity index is 313. The Hall–Kier alpha value is -2.07. The molecule has 1 rings (SSSR count). The largest absolute Gasteiger partial charge is 0.393 e. The third-order valence-corrected chi connectivity index (χ3v) is 1.67. The highest BCUT2D eigenvalue weighted by molar-refractivity contribution is 5.15. The van der Waals surface area contributed by atoms with Gasteiger partial charge >= 0.3 is 0 Å². The van der Waals surface area contributed by atoms with Crippen LogP contribution in [0.4, 0.5) is 36.6 Å². The number of hydrogen-bond acceptors (Lipinski definition) is 2. The van der Waals surface area contributed by atoms with E-state index >= 15 is 0 Å². The summed E-state index contributed by atoms with van der Waals surface area (Å²) in [6, 6.07) is 9.60. The molecule has 1 N–H and O–H groups in total. The van der Waals surface area contributed by atoms with Crippen LogP contribution < -0.4 is 0 Å². The van der Waals surface area contributed by atoms with Crippen LogP contribution >= 0.6 is 0 Å². The van der Waals surface area contributed by atoms with Crippen LogP contribution in [0.15, 0.2) is 35.4 Å². The molecule has 0 aliphatic rings. The van der Waals surface area contributed by atoms with Crippen LogP contribution in [0.25, 0.3) is 10.4 Å². The Morgan fingerprint density at radius 3 is 1.76 bits per heavy atom. The maximum Gasteiger partial charge on any atom is 0.0636 e. The fraction of sp³-hybridized carbons (Fsp3) is 0.333. The van der Waals surface area contributed by atoms with Crippen LogP contribution in [0.5, 0.6) is 0 Å². The zero-order valence-electron chi connectivity index (χ0n) is 10.2. The molecule has 0 bridgehead atoms. The van der Waals surface area contributed by atoms with E-state index in [4.69, 9.17) is 42.1 Å². The van der Waals surface area contributed by atoms with Gasteiger partial charge in [-0.15, -0.1) is 0 Å². The minimum absolute atomic E-state index is 0.130. The van der Waals surface area contributed by atoms with Gasteiger partial charge in [0.25, 0.3) is 0 Å². The van der Waals surface area contributed by atoms with Crippen molar-refractivity contribution in [1.82, 2.24) is 0 Å². The summed E-state index contributed by atoms with van der Waals surface area (Å²) in [7, 11) is 0. The monoisotopic (exact) mass is 329 g/mol. The molecule has 0 fully saturated rings. The molecule has 0 aliphatic carbocycles. The second-order valence-corrected chi connectivity index (χ2v) is 2.76. The molecule has 0 aliphatic heterocycles. The third kappa shape index (κ3) is 23.4. The Morgan fingerprint density at radius 1 is 0.952 bits per heavy atom. The van der Waals surface area contributed by atoms with Crippen LogP contribution in [0.3, 0.4) is 0 Å². The second kappa shape index (κ2) is 30.7. The summed E-state index contributed by atoms with van der Waals surface area (Å²) in [4.78, 5) is 2.58. The zero-order valence-corrected chi connectivity index (χ0v) is 10.2. The molecular weight excluding hydrogens is 318 g/mol. The zero-order chi connectivity index (χ0) is 17.5. The number of nitrogens with zero attached hydrogens (tertiary/aromatic N) is 3. The van der Waals surface area contributed by atoms with Gasteiger partial charge in [0.15, 0.2) is 0 Å². The van der Waals surface area contributed by atoms with Crippen molar-refractivity contribution in [3.63, 3.8) is 0 Å². The first-order valence-electron chi connectivity index (χ1n) is 4.63. The topological polar surface area (TPSA) is 69.0 Å². The van der Waals surface area contributed by atoms with Crippen molar-refractivity contribution >= 4 is 0 Å². The number of hydrogen-bond donors (Lipinski definition) is 1. The molecule has 0 saturated heterocycles. The maximum absolute atomic E-state index is 9.37. The van der Waals surface area contributed by atoms with Crippen LogP contribution in [-0.4, -0.2) is 17.8 Å². The Balaban J connectivity index is -0.000000156. The molecule has 0 radical (unpaired) electrons. The van der Waals surface area contributed by atoms with Crippen LogP contribution in [-0.2, 0) is 6.42 Å². The summed E-state index contributed by atoms with van der Waals surface area (Å²) >= 11 is 0. The molecule has 0 spiro atoms. The van der Waals surface area contributed by atoms with Crippen LogP contribution in [0.1, 0.15) is 5.56 Å². The number of aliphatic hydroxyl groups excluding tert-OH is 1. The van der Waals surface area contributed by atoms with Crippen molar-refractivity contribution in [1.29, 1.82) is 0 Å². The molecule has 1 atom stereocenters. The molecule has 1 aromatic carbocycles. The van der Waals surface area contributed by atoms with E-state index in [1.807, 2.05) is 30.3 Å². The smallest absolute Gasteiger partial charge is 0.0636 e. The van der Waals surface area contributed by atoms with Gasteiger partial charge in [-0.25, -0.2) is 0 Å². The predicted molar refractivity (Wildman–Crippen MR) is 59.0 cm³/mol. The lowest BCUT2D eigenvalue weighted by molar-refractivity contribution is 0.108. The average Bonchev–Trinajstić information content (AvgIpc) is 2.61. The Morgan fingerprint density at radius 2 is 1.38 bits per heavy atom. The lowest BCUT2D eigenvalue weighted by Gasteiger charge is -2.06. The first kappa shape index (κ1) is 27.3. The van der Waals surface area contributed by atoms with Crippen molar-refractivity contribution < 1.29 is 41.7 Å². The highest BCUT2D eigenvalue weighted by atomic mass is 20.0. The lowest BCUT2D eigenvalue weighted by Crippen LogP contribution is -2.13. The molecular formula is C9H11F8N3O. The molecule has 0 aromatic heterocycles. The van der Waals surface area contributed by atoms with E-state index < -0.39 is 6.10 Å². The highest BCUT2D eigenvalue weighted by Crippen LogP contribution is 2.03. The van der Waals surface area contributed by atoms with Gasteiger partial charge in [-0.1, -0.05) is 35.4 Å². The van der Waals surface area contributed by atoms with Gasteiger partial charge in [0.2, 0.25) is 0 Å². The summed E-state index contributed by atoms with van der Waals surface area (Å²) in [5.41, 5.74) is 9.07. The standard InChI is InChI=1S/C9H11N3O.4F2/c10-12-11-7-9(13)6-8-4-2-1-3-5-8;4*1-2/h1-5,9,13H,6-7H2;;;;. The van der Waals surface area contributed by atoms with E-state index in [1.54, 1.807) is 0 Å². The molecule has 1 aromatic rings. The molecule has 0 amide bonds. The summed E-state index contributed by atoms with van der Waals surface area (Å²) < 4.78 is 64.0. The fourth-order valence-electron chi connectivity index (χ4n) is 1.08. The Kier molecular flexibility index (Phi) is 40.0. The molecule has 12 heteroatoms. The lowest BCUT2D eigenvalue weighted by atomic mass is 10.1. The van der Waals surface area contributed by atoms with Gasteiger partial charge in [0.05, 0.1) is 12.6 Å². The molecule has 124 valence electrons. The van der Waals surface area contributed by atoms with Crippen LogP contribution in [0, 0.1) is 0 Å². The highest BCUT2D eigenvalue weighted by Gasteiger charge is 2.02. The van der Waals surface area contributed by atoms with Gasteiger partial charge in [0, 0.05) is 41.5 Å². The molecule has 4 nitrogen and oxygen atoms in total. The van der Waals surface area contributed by atoms with E-state index in [0.29, 0.717) is 6.42 Å². The third-order valence-electron chi connectivity index (χ3n) is 1.67. The van der Waals surface area contributed by atoms with Crippen molar-refractivity contribution in [2.45, 2.75) is 12.5 Å². The SMILES string of the molecule is FF.FF.FF.FF.[N-]=[N+]=NCC(O)Cc1ccccc1. The van der Waals surface area contributed by atoms with E-state index in [0.717, 1.165) is 5.56 Å². The minimum Gasteiger partial charge on any atom is -0.393 e. The van der Waals surface area contributed by atoms with Crippen molar-refractivity contribution in [2.75, 3.05) is 6.54 Å². The number of benzene rings is 1. The van der Waals surface area contributed by atoms with Gasteiger partial charge in [-0.3, -0.25) is 0 Å². The Labute approximate surface area is 113 Å². The summed E-state index contributed by atoms with van der Waals surface area (Å²) in [6.07, 6.45) is -0.0573. The number of rotatable bonds is 4. The van der Waals surface area contributed by atoms with E-state index in [2.05, 4.69) is 10.0 Å². The van der Waals surface area contributed by atoms with Gasteiger partial charge in [-0.2, -0.15) is 0 Å². The van der Waals surface area contributed by atoms with Gasteiger partial charge in [0.1, 0.15) is 0 Å². The molecule has 1 unspecified atom stereocenters. The minimum atomic E-state index is -0.585. The predicted octanol–water partition coefficient (Wildman–Crippen LogP) is 5.26. The summed E-state index contributed by atoms with van der Waals surface area (Å²) in [6.45, 7) is 0.130. The van der Waals surface area contributed by atoms with Crippen molar-refractivity contribution in [3.05, 3.63) is 46.3 Å². The molecule has 0 heterocycles. The molecule has 21 heavy (non-hydrogen) atoms. The number of halogens is 8. The average molecular weight is 329 g/mol. The quantitative estimate of drug-likeness (QED) is 0.348. The van der Waals surface area contributed by atoms with Crippen LogP contribution in [0.2, 0.25) is 0 Å². The number of aliphatic hydroxyl groups is 1. The van der Waals surface area contributed by atoms with Gasteiger partial charge < -0.3 is 5.11 Å². The van der Waals surface area contributed by atoms with E-state index in [9.17, 15) is 5.11 Å². The first-order valence-corrected chi connectivity index (χ1v) is 4.63. The molecule has 0 saturated carbocycles. The fourth-order valence-corrected chi connectivity index (χ4v) is 1.08. The summed E-state index contributed by atoms with van der Waals surface area (Å²) in [5, 5.41) is 12.7. The first-order chi connectivity index (χ1) is 10.3. The maximum atomic E-state index is 9.37.